The van der Waals surface area contributed by atoms with Crippen molar-refractivity contribution in [3.63, 3.8) is 0 Å². The molecule has 2 aliphatic heterocycles. The Hall–Kier alpha value is -1.68. The van der Waals surface area contributed by atoms with Gasteiger partial charge in [0.1, 0.15) is 0 Å². The summed E-state index contributed by atoms with van der Waals surface area (Å²) in [4.78, 5) is 26.4. The zero-order valence-corrected chi connectivity index (χ0v) is 15.2. The number of phenolic OH excluding ortho intramolecular Hbond substituents is 1. The van der Waals surface area contributed by atoms with E-state index in [2.05, 4.69) is 36.8 Å². The van der Waals surface area contributed by atoms with Crippen LogP contribution < -0.4 is 16.0 Å². The number of nitrogens with zero attached hydrogens (tertiary/aromatic N) is 1. The predicted octanol–water partition coefficient (Wildman–Crippen LogP) is 0.577. The highest BCUT2D eigenvalue weighted by molar-refractivity contribution is 9.10. The zero-order chi connectivity index (χ0) is 17.8. The minimum absolute atomic E-state index is 0.0253. The highest BCUT2D eigenvalue weighted by Gasteiger charge is 2.31. The van der Waals surface area contributed by atoms with E-state index in [1.807, 2.05) is 0 Å². The highest BCUT2D eigenvalue weighted by Crippen LogP contribution is 2.31. The van der Waals surface area contributed by atoms with Crippen LogP contribution in [0, 0.1) is 0 Å². The number of morpholine rings is 1. The second-order valence-electron chi connectivity index (χ2n) is 6.04. The van der Waals surface area contributed by atoms with E-state index in [0.29, 0.717) is 29.8 Å². The number of hydrogen-bond donors (Lipinski definition) is 4. The average Bonchev–Trinajstić information content (AvgIpc) is 2.59. The third kappa shape index (κ3) is 4.69. The molecule has 4 N–H and O–H groups in total. The summed E-state index contributed by atoms with van der Waals surface area (Å²) >= 11 is 3.21. The summed E-state index contributed by atoms with van der Waals surface area (Å²) in [6.45, 7) is 2.81. The van der Waals surface area contributed by atoms with Crippen molar-refractivity contribution in [1.82, 2.24) is 15.5 Å². The second-order valence-corrected chi connectivity index (χ2v) is 6.90. The van der Waals surface area contributed by atoms with Crippen molar-refractivity contribution in [3.05, 3.63) is 22.7 Å². The van der Waals surface area contributed by atoms with E-state index in [-0.39, 0.29) is 30.2 Å². The van der Waals surface area contributed by atoms with Crippen LogP contribution in [-0.2, 0) is 14.3 Å². The summed E-state index contributed by atoms with van der Waals surface area (Å²) in [5, 5.41) is 18.7. The second kappa shape index (κ2) is 8.13. The van der Waals surface area contributed by atoms with E-state index >= 15 is 0 Å². The first-order chi connectivity index (χ1) is 12.0. The van der Waals surface area contributed by atoms with Gasteiger partial charge in [0, 0.05) is 13.1 Å². The van der Waals surface area contributed by atoms with Gasteiger partial charge in [0.15, 0.2) is 5.75 Å². The van der Waals surface area contributed by atoms with Gasteiger partial charge in [-0.15, -0.1) is 0 Å². The predicted molar refractivity (Wildman–Crippen MR) is 94.9 cm³/mol. The Kier molecular flexibility index (Phi) is 5.89. The first kappa shape index (κ1) is 18.1. The number of carbonyl (C=O) groups is 2. The van der Waals surface area contributed by atoms with Crippen LogP contribution in [0.25, 0.3) is 0 Å². The molecule has 2 aliphatic rings. The largest absolute Gasteiger partial charge is 0.505 e. The third-order valence-electron chi connectivity index (χ3n) is 4.24. The van der Waals surface area contributed by atoms with Crippen LogP contribution in [0.2, 0.25) is 0 Å². The van der Waals surface area contributed by atoms with Crippen LogP contribution in [0.3, 0.4) is 0 Å². The van der Waals surface area contributed by atoms with Crippen LogP contribution >= 0.6 is 15.9 Å². The Morgan fingerprint density at radius 3 is 2.92 bits per heavy atom. The van der Waals surface area contributed by atoms with Crippen molar-refractivity contribution in [3.8, 4) is 5.75 Å². The highest BCUT2D eigenvalue weighted by atomic mass is 79.9. The number of aromatic hydroxyl groups is 1. The Bertz CT molecular complexity index is 651. The van der Waals surface area contributed by atoms with Gasteiger partial charge in [-0.2, -0.15) is 0 Å². The summed E-state index contributed by atoms with van der Waals surface area (Å²) in [6.07, 6.45) is -0.138. The molecule has 25 heavy (non-hydrogen) atoms. The molecule has 0 aromatic heterocycles. The van der Waals surface area contributed by atoms with Crippen LogP contribution in [0.5, 0.6) is 5.75 Å². The van der Waals surface area contributed by atoms with Crippen LogP contribution in [0.15, 0.2) is 22.7 Å². The molecule has 0 saturated carbocycles. The van der Waals surface area contributed by atoms with Gasteiger partial charge in [-0.3, -0.25) is 19.8 Å². The number of phenols is 1. The third-order valence-corrected chi connectivity index (χ3v) is 4.88. The van der Waals surface area contributed by atoms with Crippen molar-refractivity contribution in [1.29, 1.82) is 0 Å². The molecule has 3 rings (SSSR count). The molecular weight excluding hydrogens is 392 g/mol. The molecule has 136 valence electrons. The number of carbonyl (C=O) groups excluding carboxylic acids is 2. The maximum Gasteiger partial charge on any atom is 0.227 e. The first-order valence-electron chi connectivity index (χ1n) is 8.17. The van der Waals surface area contributed by atoms with Crippen LogP contribution in [0.4, 0.5) is 5.69 Å². The van der Waals surface area contributed by atoms with E-state index in [1.54, 1.807) is 18.2 Å². The lowest BCUT2D eigenvalue weighted by Gasteiger charge is -2.40. The molecule has 2 heterocycles. The fraction of sp³-hybridized carbons (Fsp3) is 0.500. The lowest BCUT2D eigenvalue weighted by molar-refractivity contribution is -0.128. The van der Waals surface area contributed by atoms with Gasteiger partial charge in [0.2, 0.25) is 11.8 Å². The number of rotatable bonds is 4. The SMILES string of the molecule is O=C(CC1NC(=O)CC(N2CCOCC2)N1)Nc1cccc(Br)c1O. The van der Waals surface area contributed by atoms with Gasteiger partial charge in [-0.1, -0.05) is 6.07 Å². The van der Waals surface area contributed by atoms with Crippen molar-refractivity contribution in [2.75, 3.05) is 31.6 Å². The lowest BCUT2D eigenvalue weighted by atomic mass is 10.1. The number of ether oxygens (including phenoxy) is 1. The number of anilines is 1. The van der Waals surface area contributed by atoms with E-state index in [4.69, 9.17) is 4.74 Å². The standard InChI is InChI=1S/C16H21BrN4O4/c17-10-2-1-3-11(16(10)24)18-14(22)8-12-19-13(9-15(23)20-12)21-4-6-25-7-5-21/h1-3,12-13,19,24H,4-9H2,(H,18,22)(H,20,23). The average molecular weight is 413 g/mol. The van der Waals surface area contributed by atoms with Gasteiger partial charge in [0.25, 0.3) is 0 Å². The maximum absolute atomic E-state index is 12.3. The monoisotopic (exact) mass is 412 g/mol. The summed E-state index contributed by atoms with van der Waals surface area (Å²) in [5.74, 6) is -0.408. The summed E-state index contributed by atoms with van der Waals surface area (Å²) in [6, 6.07) is 5.01. The number of amides is 2. The minimum Gasteiger partial charge on any atom is -0.505 e. The molecule has 8 nitrogen and oxygen atoms in total. The summed E-state index contributed by atoms with van der Waals surface area (Å²) in [5.41, 5.74) is 0.325. The Morgan fingerprint density at radius 2 is 2.16 bits per heavy atom. The zero-order valence-electron chi connectivity index (χ0n) is 13.6. The number of para-hydroxylation sites is 1. The maximum atomic E-state index is 12.3. The van der Waals surface area contributed by atoms with E-state index in [1.165, 1.54) is 0 Å². The molecule has 2 fully saturated rings. The van der Waals surface area contributed by atoms with E-state index < -0.39 is 6.17 Å². The van der Waals surface area contributed by atoms with Crippen LogP contribution in [-0.4, -0.2) is 60.5 Å². The van der Waals surface area contributed by atoms with E-state index in [0.717, 1.165) is 13.1 Å². The first-order valence-corrected chi connectivity index (χ1v) is 8.97. The Morgan fingerprint density at radius 1 is 1.40 bits per heavy atom. The number of benzene rings is 1. The lowest BCUT2D eigenvalue weighted by Crippen LogP contribution is -2.63. The van der Waals surface area contributed by atoms with Crippen molar-refractivity contribution in [2.45, 2.75) is 25.2 Å². The molecule has 2 amide bonds. The fourth-order valence-corrected chi connectivity index (χ4v) is 3.36. The summed E-state index contributed by atoms with van der Waals surface area (Å²) in [7, 11) is 0. The van der Waals surface area contributed by atoms with Gasteiger partial charge < -0.3 is 20.5 Å². The van der Waals surface area contributed by atoms with Gasteiger partial charge in [-0.25, -0.2) is 0 Å². The quantitative estimate of drug-likeness (QED) is 0.539. The smallest absolute Gasteiger partial charge is 0.227 e. The molecule has 0 bridgehead atoms. The normalized spacial score (nSPS) is 24.6. The molecule has 0 aliphatic carbocycles. The molecule has 2 unspecified atom stereocenters. The molecule has 0 spiro atoms. The Labute approximate surface area is 154 Å². The van der Waals surface area contributed by atoms with E-state index in [9.17, 15) is 14.7 Å². The van der Waals surface area contributed by atoms with Gasteiger partial charge in [-0.05, 0) is 28.1 Å². The number of halogens is 1. The molecule has 2 atom stereocenters. The number of hydrogen-bond acceptors (Lipinski definition) is 6. The van der Waals surface area contributed by atoms with Crippen LogP contribution in [0.1, 0.15) is 12.8 Å². The Balaban J connectivity index is 1.58. The minimum atomic E-state index is -0.455. The van der Waals surface area contributed by atoms with Crippen molar-refractivity contribution >= 4 is 33.4 Å². The molecule has 1 aromatic carbocycles. The molecular formula is C16H21BrN4O4. The van der Waals surface area contributed by atoms with Crippen molar-refractivity contribution in [2.24, 2.45) is 0 Å². The molecule has 1 aromatic rings. The van der Waals surface area contributed by atoms with Gasteiger partial charge >= 0.3 is 0 Å². The molecule has 2 saturated heterocycles. The van der Waals surface area contributed by atoms with Crippen molar-refractivity contribution < 1.29 is 19.4 Å². The molecule has 9 heteroatoms. The summed E-state index contributed by atoms with van der Waals surface area (Å²) < 4.78 is 5.84. The topological polar surface area (TPSA) is 103 Å². The molecule has 0 radical (unpaired) electrons. The van der Waals surface area contributed by atoms with Gasteiger partial charge in [0.05, 0.1) is 48.5 Å². The fourth-order valence-electron chi connectivity index (χ4n) is 3.00. The number of nitrogens with one attached hydrogen (secondary N) is 3.